The van der Waals surface area contributed by atoms with Gasteiger partial charge < -0.3 is 5.32 Å². The molecule has 1 unspecified atom stereocenters. The lowest BCUT2D eigenvalue weighted by Gasteiger charge is -2.16. The number of halogens is 3. The van der Waals surface area contributed by atoms with Crippen LogP contribution in [-0.4, -0.2) is 12.0 Å². The van der Waals surface area contributed by atoms with Crippen molar-refractivity contribution in [3.05, 3.63) is 16.1 Å². The average Bonchev–Trinajstić information content (AvgIpc) is 2.61. The van der Waals surface area contributed by atoms with Crippen molar-refractivity contribution in [2.75, 3.05) is 7.05 Å². The Morgan fingerprint density at radius 3 is 2.44 bits per heavy atom. The van der Waals surface area contributed by atoms with Crippen molar-refractivity contribution >= 4 is 11.3 Å². The molecule has 6 heteroatoms. The van der Waals surface area contributed by atoms with Crippen molar-refractivity contribution in [1.29, 1.82) is 0 Å². The highest BCUT2D eigenvalue weighted by Crippen LogP contribution is 2.35. The van der Waals surface area contributed by atoms with Crippen LogP contribution >= 0.6 is 11.3 Å². The van der Waals surface area contributed by atoms with Gasteiger partial charge in [0.2, 0.25) is 0 Å². The smallest absolute Gasteiger partial charge is 0.312 e. The first kappa shape index (κ1) is 13.4. The molecule has 0 amide bonds. The minimum atomic E-state index is -4.33. The van der Waals surface area contributed by atoms with Crippen LogP contribution in [0.5, 0.6) is 0 Å². The summed E-state index contributed by atoms with van der Waals surface area (Å²) in [7, 11) is 1.75. The van der Waals surface area contributed by atoms with E-state index in [9.17, 15) is 13.2 Å². The number of alkyl halides is 3. The standard InChI is InChI=1S/C10H15F3N2S/c1-6(2)4-7(14-3)8-5-15-9(16-8)10(11,12)13/h5-7,14H,4H2,1-3H3. The lowest BCUT2D eigenvalue weighted by molar-refractivity contribution is -0.137. The summed E-state index contributed by atoms with van der Waals surface area (Å²) in [5, 5.41) is 2.25. The third-order valence-electron chi connectivity index (χ3n) is 2.17. The van der Waals surface area contributed by atoms with Crippen LogP contribution in [0.2, 0.25) is 0 Å². The monoisotopic (exact) mass is 252 g/mol. The van der Waals surface area contributed by atoms with Gasteiger partial charge in [-0.15, -0.1) is 11.3 Å². The Kier molecular flexibility index (Phi) is 4.32. The predicted octanol–water partition coefficient (Wildman–Crippen LogP) is 3.47. The molecule has 0 radical (unpaired) electrons. The highest BCUT2D eigenvalue weighted by atomic mass is 32.1. The highest BCUT2D eigenvalue weighted by molar-refractivity contribution is 7.11. The van der Waals surface area contributed by atoms with Gasteiger partial charge >= 0.3 is 6.18 Å². The number of nitrogens with zero attached hydrogens (tertiary/aromatic N) is 1. The lowest BCUT2D eigenvalue weighted by Crippen LogP contribution is -2.17. The van der Waals surface area contributed by atoms with Crippen molar-refractivity contribution in [3.63, 3.8) is 0 Å². The third kappa shape index (κ3) is 3.45. The van der Waals surface area contributed by atoms with E-state index in [1.54, 1.807) is 7.05 Å². The van der Waals surface area contributed by atoms with Crippen molar-refractivity contribution in [3.8, 4) is 0 Å². The van der Waals surface area contributed by atoms with E-state index in [2.05, 4.69) is 10.3 Å². The zero-order chi connectivity index (χ0) is 12.3. The van der Waals surface area contributed by atoms with E-state index in [1.807, 2.05) is 13.8 Å². The van der Waals surface area contributed by atoms with Gasteiger partial charge in [0.15, 0.2) is 5.01 Å². The van der Waals surface area contributed by atoms with Crippen molar-refractivity contribution < 1.29 is 13.2 Å². The summed E-state index contributed by atoms with van der Waals surface area (Å²) in [5.41, 5.74) is 0. The molecule has 1 rings (SSSR count). The van der Waals surface area contributed by atoms with E-state index < -0.39 is 11.2 Å². The largest absolute Gasteiger partial charge is 0.443 e. The first-order chi connectivity index (χ1) is 7.34. The zero-order valence-electron chi connectivity index (χ0n) is 9.43. The average molecular weight is 252 g/mol. The summed E-state index contributed by atoms with van der Waals surface area (Å²) in [5.74, 6) is 0.425. The quantitative estimate of drug-likeness (QED) is 0.887. The second-order valence-corrected chi connectivity index (χ2v) is 5.10. The van der Waals surface area contributed by atoms with Crippen LogP contribution in [0.1, 0.15) is 36.2 Å². The van der Waals surface area contributed by atoms with Gasteiger partial charge in [-0.3, -0.25) is 0 Å². The topological polar surface area (TPSA) is 24.9 Å². The maximum atomic E-state index is 12.4. The Hall–Kier alpha value is -0.620. The summed E-state index contributed by atoms with van der Waals surface area (Å²) in [6.45, 7) is 4.08. The van der Waals surface area contributed by atoms with Gasteiger partial charge in [-0.05, 0) is 19.4 Å². The molecule has 0 aliphatic heterocycles. The first-order valence-electron chi connectivity index (χ1n) is 5.04. The van der Waals surface area contributed by atoms with E-state index in [0.717, 1.165) is 6.42 Å². The van der Waals surface area contributed by atoms with Crippen LogP contribution < -0.4 is 5.32 Å². The molecule has 0 spiro atoms. The SMILES string of the molecule is CNC(CC(C)C)c1cnc(C(F)(F)F)s1. The molecule has 1 heterocycles. The molecular formula is C10H15F3N2S. The van der Waals surface area contributed by atoms with Gasteiger partial charge in [-0.1, -0.05) is 13.8 Å². The predicted molar refractivity (Wildman–Crippen MR) is 58.4 cm³/mol. The molecule has 1 aromatic heterocycles. The van der Waals surface area contributed by atoms with Gasteiger partial charge in [-0.25, -0.2) is 4.98 Å². The maximum absolute atomic E-state index is 12.4. The fourth-order valence-corrected chi connectivity index (χ4v) is 2.33. The number of hydrogen-bond acceptors (Lipinski definition) is 3. The molecule has 92 valence electrons. The van der Waals surface area contributed by atoms with Crippen molar-refractivity contribution in [1.82, 2.24) is 10.3 Å². The molecule has 0 saturated heterocycles. The maximum Gasteiger partial charge on any atom is 0.443 e. The van der Waals surface area contributed by atoms with Crippen LogP contribution in [0.3, 0.4) is 0 Å². The number of nitrogens with one attached hydrogen (secondary N) is 1. The van der Waals surface area contributed by atoms with Crippen LogP contribution in [0.15, 0.2) is 6.20 Å². The van der Waals surface area contributed by atoms with Crippen LogP contribution in [0.25, 0.3) is 0 Å². The van der Waals surface area contributed by atoms with Gasteiger partial charge in [-0.2, -0.15) is 13.2 Å². The minimum absolute atomic E-state index is 0.0476. The van der Waals surface area contributed by atoms with Gasteiger partial charge in [0.1, 0.15) is 0 Å². The van der Waals surface area contributed by atoms with Crippen LogP contribution in [0.4, 0.5) is 13.2 Å². The molecule has 0 fully saturated rings. The second-order valence-electron chi connectivity index (χ2n) is 4.04. The first-order valence-corrected chi connectivity index (χ1v) is 5.86. The third-order valence-corrected chi connectivity index (χ3v) is 3.32. The lowest BCUT2D eigenvalue weighted by atomic mass is 10.0. The van der Waals surface area contributed by atoms with E-state index in [4.69, 9.17) is 0 Å². The van der Waals surface area contributed by atoms with E-state index in [1.165, 1.54) is 6.20 Å². The molecule has 0 bridgehead atoms. The fraction of sp³-hybridized carbons (Fsp3) is 0.700. The summed E-state index contributed by atoms with van der Waals surface area (Å²) >= 11 is 0.716. The highest BCUT2D eigenvalue weighted by Gasteiger charge is 2.35. The normalized spacial score (nSPS) is 14.4. The zero-order valence-corrected chi connectivity index (χ0v) is 10.2. The fourth-order valence-electron chi connectivity index (χ4n) is 1.43. The van der Waals surface area contributed by atoms with E-state index >= 15 is 0 Å². The van der Waals surface area contributed by atoms with Crippen LogP contribution in [0, 0.1) is 5.92 Å². The summed E-state index contributed by atoms with van der Waals surface area (Å²) < 4.78 is 37.1. The summed E-state index contributed by atoms with van der Waals surface area (Å²) in [4.78, 5) is 4.06. The second kappa shape index (κ2) is 5.14. The van der Waals surface area contributed by atoms with Crippen LogP contribution in [-0.2, 0) is 6.18 Å². The molecule has 1 atom stereocenters. The molecule has 2 nitrogen and oxygen atoms in total. The molecule has 0 aromatic carbocycles. The van der Waals surface area contributed by atoms with Gasteiger partial charge in [0, 0.05) is 17.1 Å². The Bertz CT molecular complexity index is 333. The van der Waals surface area contributed by atoms with Gasteiger partial charge in [0.25, 0.3) is 0 Å². The van der Waals surface area contributed by atoms with E-state index in [0.29, 0.717) is 22.1 Å². The number of aromatic nitrogens is 1. The Morgan fingerprint density at radius 1 is 1.44 bits per heavy atom. The molecule has 1 aromatic rings. The number of thiazole rings is 1. The summed E-state index contributed by atoms with van der Waals surface area (Å²) in [6.07, 6.45) is -2.22. The Balaban J connectivity index is 2.83. The minimum Gasteiger partial charge on any atom is -0.312 e. The molecule has 0 saturated carbocycles. The van der Waals surface area contributed by atoms with Gasteiger partial charge in [0.05, 0.1) is 0 Å². The Morgan fingerprint density at radius 2 is 2.06 bits per heavy atom. The molecule has 0 aliphatic carbocycles. The summed E-state index contributed by atoms with van der Waals surface area (Å²) in [6, 6.07) is -0.0476. The molecule has 16 heavy (non-hydrogen) atoms. The Labute approximate surface area is 96.9 Å². The molecule has 1 N–H and O–H groups in total. The van der Waals surface area contributed by atoms with Crippen molar-refractivity contribution in [2.24, 2.45) is 5.92 Å². The van der Waals surface area contributed by atoms with Crippen molar-refractivity contribution in [2.45, 2.75) is 32.5 Å². The number of rotatable bonds is 4. The van der Waals surface area contributed by atoms with E-state index in [-0.39, 0.29) is 6.04 Å². The molecule has 0 aliphatic rings. The molecular weight excluding hydrogens is 237 g/mol. The number of hydrogen-bond donors (Lipinski definition) is 1.